The van der Waals surface area contributed by atoms with E-state index in [2.05, 4.69) is 10.6 Å². The summed E-state index contributed by atoms with van der Waals surface area (Å²) in [4.78, 5) is 23.6. The van der Waals surface area contributed by atoms with E-state index in [-0.39, 0.29) is 23.0 Å². The minimum Gasteiger partial charge on any atom is -0.506 e. The molecule has 2 rings (SSSR count). The summed E-state index contributed by atoms with van der Waals surface area (Å²) in [6, 6.07) is 8.83. The van der Waals surface area contributed by atoms with Gasteiger partial charge in [-0.1, -0.05) is 12.1 Å². The van der Waals surface area contributed by atoms with Gasteiger partial charge in [-0.2, -0.15) is 0 Å². The van der Waals surface area contributed by atoms with Crippen molar-refractivity contribution >= 4 is 23.1 Å². The van der Waals surface area contributed by atoms with Crippen molar-refractivity contribution in [3.63, 3.8) is 0 Å². The molecule has 114 valence electrons. The second kappa shape index (κ2) is 6.17. The number of rotatable bonds is 4. The van der Waals surface area contributed by atoms with Gasteiger partial charge in [0.05, 0.1) is 11.4 Å². The zero-order chi connectivity index (χ0) is 16.3. The summed E-state index contributed by atoms with van der Waals surface area (Å²) in [5.74, 6) is -0.991. The van der Waals surface area contributed by atoms with E-state index >= 15 is 0 Å². The zero-order valence-corrected chi connectivity index (χ0v) is 12.2. The first kappa shape index (κ1) is 15.4. The maximum atomic E-state index is 12.2. The smallest absolute Gasteiger partial charge is 0.255 e. The Balaban J connectivity index is 2.29. The largest absolute Gasteiger partial charge is 0.506 e. The highest BCUT2D eigenvalue weighted by atomic mass is 16.3. The van der Waals surface area contributed by atoms with Crippen LogP contribution in [-0.4, -0.2) is 29.0 Å². The van der Waals surface area contributed by atoms with E-state index in [0.29, 0.717) is 16.8 Å². The summed E-state index contributed by atoms with van der Waals surface area (Å²) in [5, 5.41) is 24.7. The van der Waals surface area contributed by atoms with Crippen molar-refractivity contribution in [2.45, 2.75) is 6.92 Å². The van der Waals surface area contributed by atoms with Crippen molar-refractivity contribution in [3.05, 3.63) is 47.5 Å². The van der Waals surface area contributed by atoms with E-state index in [1.165, 1.54) is 19.1 Å². The fraction of sp³-hybridized carbons (Fsp3) is 0.125. The molecule has 0 aliphatic rings. The number of amides is 1. The van der Waals surface area contributed by atoms with Crippen molar-refractivity contribution in [3.8, 4) is 11.5 Å². The Bertz CT molecular complexity index is 741. The molecule has 22 heavy (non-hydrogen) atoms. The molecule has 0 bridgehead atoms. The summed E-state index contributed by atoms with van der Waals surface area (Å²) in [6.45, 7) is 1.42. The topological polar surface area (TPSA) is 98.7 Å². The van der Waals surface area contributed by atoms with Crippen LogP contribution in [0.15, 0.2) is 36.4 Å². The summed E-state index contributed by atoms with van der Waals surface area (Å²) >= 11 is 0. The van der Waals surface area contributed by atoms with E-state index < -0.39 is 5.91 Å². The van der Waals surface area contributed by atoms with Crippen molar-refractivity contribution in [2.75, 3.05) is 17.7 Å². The predicted molar refractivity (Wildman–Crippen MR) is 83.7 cm³/mol. The van der Waals surface area contributed by atoms with Gasteiger partial charge in [-0.05, 0) is 25.1 Å². The molecule has 0 saturated heterocycles. The lowest BCUT2D eigenvalue weighted by Crippen LogP contribution is -2.13. The van der Waals surface area contributed by atoms with E-state index in [1.54, 1.807) is 25.2 Å². The minimum atomic E-state index is -0.467. The number of phenolic OH excluding ortho intramolecular Hbond substituents is 2. The summed E-state index contributed by atoms with van der Waals surface area (Å²) < 4.78 is 0. The average Bonchev–Trinajstić information content (AvgIpc) is 2.50. The molecular weight excluding hydrogens is 284 g/mol. The van der Waals surface area contributed by atoms with Crippen molar-refractivity contribution in [2.24, 2.45) is 0 Å². The molecule has 2 aromatic rings. The molecule has 0 radical (unpaired) electrons. The molecule has 0 unspecified atom stereocenters. The van der Waals surface area contributed by atoms with Gasteiger partial charge in [-0.25, -0.2) is 0 Å². The predicted octanol–water partition coefficient (Wildman–Crippen LogP) is 2.59. The number of ketones is 1. The van der Waals surface area contributed by atoms with Gasteiger partial charge in [-0.15, -0.1) is 0 Å². The molecule has 6 heteroatoms. The molecule has 0 aromatic heterocycles. The number of nitrogens with one attached hydrogen (secondary N) is 2. The number of carbonyl (C=O) groups excluding carboxylic acids is 2. The molecule has 6 nitrogen and oxygen atoms in total. The van der Waals surface area contributed by atoms with Gasteiger partial charge >= 0.3 is 0 Å². The fourth-order valence-corrected chi connectivity index (χ4v) is 1.95. The summed E-state index contributed by atoms with van der Waals surface area (Å²) in [7, 11) is 1.61. The maximum Gasteiger partial charge on any atom is 0.255 e. The van der Waals surface area contributed by atoms with E-state index in [0.717, 1.165) is 6.07 Å². The highest BCUT2D eigenvalue weighted by Crippen LogP contribution is 2.34. The minimum absolute atomic E-state index is 0.128. The van der Waals surface area contributed by atoms with E-state index in [9.17, 15) is 19.8 Å². The Morgan fingerprint density at radius 1 is 0.955 bits per heavy atom. The van der Waals surface area contributed by atoms with Crippen LogP contribution >= 0.6 is 0 Å². The highest BCUT2D eigenvalue weighted by Gasteiger charge is 2.13. The first-order valence-corrected chi connectivity index (χ1v) is 6.58. The van der Waals surface area contributed by atoms with Crippen LogP contribution in [0, 0.1) is 0 Å². The van der Waals surface area contributed by atoms with Crippen molar-refractivity contribution in [1.29, 1.82) is 0 Å². The quantitative estimate of drug-likeness (QED) is 0.395. The number of hydrogen-bond donors (Lipinski definition) is 4. The zero-order valence-electron chi connectivity index (χ0n) is 12.2. The van der Waals surface area contributed by atoms with Crippen LogP contribution in [-0.2, 0) is 0 Å². The van der Waals surface area contributed by atoms with Crippen LogP contribution in [0.1, 0.15) is 27.6 Å². The maximum absolute atomic E-state index is 12.2. The standard InChI is InChI=1S/C16H16N2O4/c1-9(19)10-4-3-5-11(6-10)16(22)18-13-7-12(17-2)14(20)8-15(13)21/h3-8,17,20-21H,1-2H3,(H,18,22). The third kappa shape index (κ3) is 3.17. The molecule has 4 N–H and O–H groups in total. The van der Waals surface area contributed by atoms with Gasteiger partial charge in [0.15, 0.2) is 5.78 Å². The SMILES string of the molecule is CNc1cc(NC(=O)c2cccc(C(C)=O)c2)c(O)cc1O. The Morgan fingerprint density at radius 3 is 2.23 bits per heavy atom. The van der Waals surface area contributed by atoms with Gasteiger partial charge in [-0.3, -0.25) is 9.59 Å². The Labute approximate surface area is 127 Å². The van der Waals surface area contributed by atoms with Crippen molar-refractivity contribution in [1.82, 2.24) is 0 Å². The molecule has 2 aromatic carbocycles. The molecule has 0 aliphatic heterocycles. The number of benzene rings is 2. The van der Waals surface area contributed by atoms with Crippen LogP contribution in [0.25, 0.3) is 0 Å². The Kier molecular flexibility index (Phi) is 4.31. The molecule has 0 heterocycles. The second-order valence-electron chi connectivity index (χ2n) is 4.73. The van der Waals surface area contributed by atoms with Gasteiger partial charge in [0.25, 0.3) is 5.91 Å². The highest BCUT2D eigenvalue weighted by molar-refractivity contribution is 6.07. The first-order chi connectivity index (χ1) is 10.4. The number of carbonyl (C=O) groups is 2. The molecule has 0 saturated carbocycles. The lowest BCUT2D eigenvalue weighted by molar-refractivity contribution is 0.101. The fourth-order valence-electron chi connectivity index (χ4n) is 1.95. The molecule has 0 aliphatic carbocycles. The van der Waals surface area contributed by atoms with Gasteiger partial charge in [0.1, 0.15) is 11.5 Å². The van der Waals surface area contributed by atoms with Gasteiger partial charge in [0.2, 0.25) is 0 Å². The summed E-state index contributed by atoms with van der Waals surface area (Å²) in [6.07, 6.45) is 0. The third-order valence-corrected chi connectivity index (χ3v) is 3.16. The number of Topliss-reactive ketones (excluding diaryl/α,β-unsaturated/α-hetero) is 1. The normalized spacial score (nSPS) is 10.1. The molecule has 0 fully saturated rings. The number of aromatic hydroxyl groups is 2. The van der Waals surface area contributed by atoms with Gasteiger partial charge < -0.3 is 20.8 Å². The summed E-state index contributed by atoms with van der Waals surface area (Å²) in [5.41, 5.74) is 1.25. The Morgan fingerprint density at radius 2 is 1.59 bits per heavy atom. The lowest BCUT2D eigenvalue weighted by atomic mass is 10.1. The van der Waals surface area contributed by atoms with E-state index in [4.69, 9.17) is 0 Å². The lowest BCUT2D eigenvalue weighted by Gasteiger charge is -2.11. The van der Waals surface area contributed by atoms with Crippen LogP contribution in [0.2, 0.25) is 0 Å². The molecule has 0 spiro atoms. The van der Waals surface area contributed by atoms with E-state index in [1.807, 2.05) is 0 Å². The third-order valence-electron chi connectivity index (χ3n) is 3.16. The second-order valence-corrected chi connectivity index (χ2v) is 4.73. The van der Waals surface area contributed by atoms with Crippen LogP contribution in [0.4, 0.5) is 11.4 Å². The average molecular weight is 300 g/mol. The van der Waals surface area contributed by atoms with Gasteiger partial charge in [0, 0.05) is 24.2 Å². The van der Waals surface area contributed by atoms with Crippen LogP contribution in [0.3, 0.4) is 0 Å². The Hall–Kier alpha value is -3.02. The number of anilines is 2. The van der Waals surface area contributed by atoms with Crippen LogP contribution in [0.5, 0.6) is 11.5 Å². The first-order valence-electron chi connectivity index (χ1n) is 6.58. The number of hydrogen-bond acceptors (Lipinski definition) is 5. The molecule has 0 atom stereocenters. The molecule has 1 amide bonds. The number of phenols is 2. The van der Waals surface area contributed by atoms with Crippen molar-refractivity contribution < 1.29 is 19.8 Å². The monoisotopic (exact) mass is 300 g/mol. The molecular formula is C16H16N2O4. The van der Waals surface area contributed by atoms with Crippen LogP contribution < -0.4 is 10.6 Å².